The number of anilines is 1. The predicted octanol–water partition coefficient (Wildman–Crippen LogP) is 2.62. The third kappa shape index (κ3) is 2.86. The summed E-state index contributed by atoms with van der Waals surface area (Å²) < 4.78 is 5.37. The second kappa shape index (κ2) is 5.93. The summed E-state index contributed by atoms with van der Waals surface area (Å²) >= 11 is 1.40. The number of carbonyl (C=O) groups is 1. The summed E-state index contributed by atoms with van der Waals surface area (Å²) in [5.41, 5.74) is 0. The van der Waals surface area contributed by atoms with Crippen LogP contribution in [-0.4, -0.2) is 22.9 Å². The van der Waals surface area contributed by atoms with E-state index in [2.05, 4.69) is 21.9 Å². The monoisotopic (exact) mass is 263 g/mol. The molecule has 2 rings (SSSR count). The van der Waals surface area contributed by atoms with Crippen molar-refractivity contribution < 1.29 is 4.79 Å². The van der Waals surface area contributed by atoms with E-state index in [0.717, 1.165) is 23.1 Å². The van der Waals surface area contributed by atoms with Crippen LogP contribution < -0.4 is 10.6 Å². The van der Waals surface area contributed by atoms with Crippen LogP contribution in [0.2, 0.25) is 0 Å². The average molecular weight is 263 g/mol. The van der Waals surface area contributed by atoms with Crippen molar-refractivity contribution in [3.8, 4) is 0 Å². The summed E-state index contributed by atoms with van der Waals surface area (Å²) in [4.78, 5) is 12.0. The predicted molar refractivity (Wildman–Crippen MR) is 76.0 cm³/mol. The highest BCUT2D eigenvalue weighted by molar-refractivity contribution is 7.13. The molecule has 1 amide bonds. The van der Waals surface area contributed by atoms with Gasteiger partial charge in [0.2, 0.25) is 5.91 Å². The van der Waals surface area contributed by atoms with E-state index in [1.807, 2.05) is 31.2 Å². The third-order valence-corrected chi connectivity index (χ3v) is 3.54. The average Bonchev–Trinajstić information content (AvgIpc) is 2.79. The first kappa shape index (κ1) is 13.0. The molecule has 0 bridgehead atoms. The molecule has 1 atom stereocenters. The zero-order valence-electron chi connectivity index (χ0n) is 10.6. The van der Waals surface area contributed by atoms with Crippen LogP contribution in [0, 0.1) is 0 Å². The van der Waals surface area contributed by atoms with Crippen molar-refractivity contribution in [2.45, 2.75) is 26.3 Å². The van der Waals surface area contributed by atoms with E-state index in [4.69, 9.17) is 0 Å². The summed E-state index contributed by atoms with van der Waals surface area (Å²) in [5.74, 6) is 0.616. The minimum absolute atomic E-state index is 0.0421. The number of hydrogen-bond donors (Lipinski definition) is 2. The fraction of sp³-hybridized carbons (Fsp3) is 0.385. The molecule has 18 heavy (non-hydrogen) atoms. The van der Waals surface area contributed by atoms with Gasteiger partial charge in [0.05, 0.1) is 10.7 Å². The molecule has 0 fully saturated rings. The van der Waals surface area contributed by atoms with Crippen LogP contribution in [0.15, 0.2) is 24.3 Å². The molecule has 1 aromatic heterocycles. The summed E-state index contributed by atoms with van der Waals surface area (Å²) in [5, 5.41) is 7.03. The van der Waals surface area contributed by atoms with E-state index >= 15 is 0 Å². The molecule has 5 heteroatoms. The zero-order chi connectivity index (χ0) is 13.0. The Kier molecular flexibility index (Phi) is 4.28. The molecule has 0 saturated heterocycles. The van der Waals surface area contributed by atoms with Crippen LogP contribution >= 0.6 is 11.5 Å². The molecular weight excluding hydrogens is 246 g/mol. The molecule has 0 aliphatic carbocycles. The number of amides is 1. The number of nitrogens with one attached hydrogen (secondary N) is 2. The van der Waals surface area contributed by atoms with Gasteiger partial charge in [-0.1, -0.05) is 19.1 Å². The number of hydrogen-bond acceptors (Lipinski definition) is 4. The minimum Gasteiger partial charge on any atom is -0.308 e. The Morgan fingerprint density at radius 2 is 2.22 bits per heavy atom. The highest BCUT2D eigenvalue weighted by Gasteiger charge is 2.14. The first-order valence-electron chi connectivity index (χ1n) is 6.11. The molecule has 1 aromatic carbocycles. The Morgan fingerprint density at radius 3 is 3.00 bits per heavy atom. The largest absolute Gasteiger partial charge is 0.308 e. The number of carbonyl (C=O) groups excluding carboxylic acids is 1. The smallest absolute Gasteiger partial charge is 0.242 e. The first-order chi connectivity index (χ1) is 8.72. The molecule has 0 saturated carbocycles. The maximum absolute atomic E-state index is 12.0. The number of fused-ring (bicyclic) bond motifs is 1. The molecule has 4 nitrogen and oxygen atoms in total. The van der Waals surface area contributed by atoms with Crippen LogP contribution in [0.5, 0.6) is 0 Å². The summed E-state index contributed by atoms with van der Waals surface area (Å²) in [6.45, 7) is 4.78. The van der Waals surface area contributed by atoms with Crippen molar-refractivity contribution >= 4 is 33.3 Å². The highest BCUT2D eigenvalue weighted by Crippen LogP contribution is 2.26. The summed E-state index contributed by atoms with van der Waals surface area (Å²) in [7, 11) is 0. The van der Waals surface area contributed by atoms with Crippen LogP contribution in [0.25, 0.3) is 10.1 Å². The van der Waals surface area contributed by atoms with Gasteiger partial charge >= 0.3 is 0 Å². The van der Waals surface area contributed by atoms with Crippen molar-refractivity contribution in [3.05, 3.63) is 24.3 Å². The standard InChI is InChI=1S/C13H17N3OS/c1-3-8-14-9(2)13(17)15-12-10-6-4-5-7-11(10)18-16-12/h4-7,9,14H,3,8H2,1-2H3,(H,15,16,17). The zero-order valence-corrected chi connectivity index (χ0v) is 11.4. The number of benzene rings is 1. The van der Waals surface area contributed by atoms with E-state index in [1.165, 1.54) is 11.5 Å². The van der Waals surface area contributed by atoms with E-state index < -0.39 is 0 Å². The Morgan fingerprint density at radius 1 is 1.44 bits per heavy atom. The van der Waals surface area contributed by atoms with Crippen molar-refractivity contribution in [1.29, 1.82) is 0 Å². The Balaban J connectivity index is 2.07. The molecule has 1 unspecified atom stereocenters. The number of aromatic nitrogens is 1. The molecule has 1 heterocycles. The lowest BCUT2D eigenvalue weighted by atomic mass is 10.2. The van der Waals surface area contributed by atoms with Gasteiger partial charge in [-0.15, -0.1) is 0 Å². The maximum atomic E-state index is 12.0. The normalized spacial score (nSPS) is 12.6. The van der Waals surface area contributed by atoms with Crippen molar-refractivity contribution in [1.82, 2.24) is 9.69 Å². The van der Waals surface area contributed by atoms with Crippen molar-refractivity contribution in [2.75, 3.05) is 11.9 Å². The summed E-state index contributed by atoms with van der Waals surface area (Å²) in [6, 6.07) is 7.69. The van der Waals surface area contributed by atoms with Crippen LogP contribution in [0.3, 0.4) is 0 Å². The van der Waals surface area contributed by atoms with Gasteiger partial charge in [-0.3, -0.25) is 4.79 Å². The first-order valence-corrected chi connectivity index (χ1v) is 6.88. The Bertz CT molecular complexity index is 538. The third-order valence-electron chi connectivity index (χ3n) is 2.71. The minimum atomic E-state index is -0.203. The molecule has 0 aliphatic heterocycles. The van der Waals surface area contributed by atoms with Gasteiger partial charge in [0.15, 0.2) is 5.82 Å². The number of nitrogens with zero attached hydrogens (tertiary/aromatic N) is 1. The van der Waals surface area contributed by atoms with Crippen LogP contribution in [-0.2, 0) is 4.79 Å². The lowest BCUT2D eigenvalue weighted by molar-refractivity contribution is -0.117. The van der Waals surface area contributed by atoms with Crippen LogP contribution in [0.4, 0.5) is 5.82 Å². The molecule has 0 radical (unpaired) electrons. The topological polar surface area (TPSA) is 54.0 Å². The lowest BCUT2D eigenvalue weighted by Crippen LogP contribution is -2.38. The maximum Gasteiger partial charge on any atom is 0.242 e. The van der Waals surface area contributed by atoms with Gasteiger partial charge in [0, 0.05) is 5.39 Å². The Hall–Kier alpha value is -1.46. The molecule has 96 valence electrons. The van der Waals surface area contributed by atoms with Gasteiger partial charge < -0.3 is 10.6 Å². The van der Waals surface area contributed by atoms with E-state index in [1.54, 1.807) is 0 Å². The number of rotatable bonds is 5. The second-order valence-corrected chi connectivity index (χ2v) is 5.00. The van der Waals surface area contributed by atoms with Gasteiger partial charge in [0.25, 0.3) is 0 Å². The van der Waals surface area contributed by atoms with Gasteiger partial charge in [0.1, 0.15) is 0 Å². The van der Waals surface area contributed by atoms with Gasteiger partial charge in [-0.25, -0.2) is 0 Å². The molecule has 2 aromatic rings. The quantitative estimate of drug-likeness (QED) is 0.872. The molecule has 0 aliphatic rings. The van der Waals surface area contributed by atoms with Gasteiger partial charge in [-0.2, -0.15) is 4.37 Å². The Labute approximate surface area is 111 Å². The van der Waals surface area contributed by atoms with Crippen molar-refractivity contribution in [3.63, 3.8) is 0 Å². The SMILES string of the molecule is CCCNC(C)C(=O)Nc1nsc2ccccc12. The molecule has 2 N–H and O–H groups in total. The van der Waals surface area contributed by atoms with Gasteiger partial charge in [-0.05, 0) is 43.6 Å². The molecule has 0 spiro atoms. The lowest BCUT2D eigenvalue weighted by Gasteiger charge is -2.12. The van der Waals surface area contributed by atoms with E-state index in [0.29, 0.717) is 5.82 Å². The van der Waals surface area contributed by atoms with E-state index in [-0.39, 0.29) is 11.9 Å². The second-order valence-electron chi connectivity index (χ2n) is 4.19. The van der Waals surface area contributed by atoms with E-state index in [9.17, 15) is 4.79 Å². The highest BCUT2D eigenvalue weighted by atomic mass is 32.1. The van der Waals surface area contributed by atoms with Crippen LogP contribution in [0.1, 0.15) is 20.3 Å². The fourth-order valence-corrected chi connectivity index (χ4v) is 2.39. The molecular formula is C13H17N3OS. The van der Waals surface area contributed by atoms with Crippen molar-refractivity contribution in [2.24, 2.45) is 0 Å². The fourth-order valence-electron chi connectivity index (χ4n) is 1.65. The summed E-state index contributed by atoms with van der Waals surface area (Å²) in [6.07, 6.45) is 1.01.